The molecule has 2 aromatic rings. The Balaban J connectivity index is 1.64. The Labute approximate surface area is 185 Å². The lowest BCUT2D eigenvalue weighted by Crippen LogP contribution is -2.43. The summed E-state index contributed by atoms with van der Waals surface area (Å²) in [6, 6.07) is 8.06. The van der Waals surface area contributed by atoms with Crippen LogP contribution in [0.3, 0.4) is 0 Å². The SMILES string of the molecule is COc1cccc(-c2cnc(N(C)C)nc2[C@H]2CCCN(C(=O)C3CCCCC3)C2)c1. The van der Waals surface area contributed by atoms with Gasteiger partial charge in [0.15, 0.2) is 0 Å². The molecule has 166 valence electrons. The van der Waals surface area contributed by atoms with E-state index >= 15 is 0 Å². The van der Waals surface area contributed by atoms with E-state index in [1.807, 2.05) is 43.4 Å². The molecule has 2 aliphatic rings. The maximum Gasteiger partial charge on any atom is 0.225 e. The molecule has 2 fully saturated rings. The lowest BCUT2D eigenvalue weighted by Gasteiger charge is -2.36. The van der Waals surface area contributed by atoms with Gasteiger partial charge in [-0.15, -0.1) is 0 Å². The monoisotopic (exact) mass is 422 g/mol. The molecule has 0 N–H and O–H groups in total. The largest absolute Gasteiger partial charge is 0.497 e. The molecule has 1 saturated heterocycles. The van der Waals surface area contributed by atoms with Crippen LogP contribution in [0.2, 0.25) is 0 Å². The average Bonchev–Trinajstić information content (AvgIpc) is 2.83. The maximum absolute atomic E-state index is 13.2. The highest BCUT2D eigenvalue weighted by Crippen LogP contribution is 2.36. The number of ether oxygens (including phenoxy) is 1. The molecule has 1 atom stereocenters. The molecule has 1 amide bonds. The van der Waals surface area contributed by atoms with E-state index in [4.69, 9.17) is 9.72 Å². The molecule has 2 heterocycles. The van der Waals surface area contributed by atoms with E-state index in [0.717, 1.165) is 61.3 Å². The Morgan fingerprint density at radius 1 is 1.13 bits per heavy atom. The van der Waals surface area contributed by atoms with E-state index in [-0.39, 0.29) is 11.8 Å². The Morgan fingerprint density at radius 2 is 1.94 bits per heavy atom. The lowest BCUT2D eigenvalue weighted by atomic mass is 9.86. The number of piperidine rings is 1. The van der Waals surface area contributed by atoms with Gasteiger partial charge in [0.25, 0.3) is 0 Å². The minimum Gasteiger partial charge on any atom is -0.497 e. The summed E-state index contributed by atoms with van der Waals surface area (Å²) in [6.45, 7) is 1.61. The van der Waals surface area contributed by atoms with E-state index in [0.29, 0.717) is 11.9 Å². The van der Waals surface area contributed by atoms with Gasteiger partial charge in [-0.05, 0) is 43.4 Å². The number of benzene rings is 1. The highest BCUT2D eigenvalue weighted by atomic mass is 16.5. The molecule has 1 aromatic carbocycles. The van der Waals surface area contributed by atoms with Gasteiger partial charge in [0.2, 0.25) is 11.9 Å². The van der Waals surface area contributed by atoms with Gasteiger partial charge in [0.05, 0.1) is 12.8 Å². The number of nitrogens with zero attached hydrogens (tertiary/aromatic N) is 4. The van der Waals surface area contributed by atoms with Crippen LogP contribution in [0.25, 0.3) is 11.1 Å². The molecule has 1 aliphatic heterocycles. The van der Waals surface area contributed by atoms with Crippen LogP contribution in [-0.4, -0.2) is 55.1 Å². The Bertz CT molecular complexity index is 908. The van der Waals surface area contributed by atoms with Gasteiger partial charge < -0.3 is 14.5 Å². The predicted octanol–water partition coefficient (Wildman–Crippen LogP) is 4.50. The fourth-order valence-corrected chi connectivity index (χ4v) is 4.93. The predicted molar refractivity (Wildman–Crippen MR) is 123 cm³/mol. The normalized spacial score (nSPS) is 19.8. The Hall–Kier alpha value is -2.63. The van der Waals surface area contributed by atoms with Crippen LogP contribution in [0.1, 0.15) is 56.6 Å². The van der Waals surface area contributed by atoms with Crippen molar-refractivity contribution in [2.24, 2.45) is 5.92 Å². The topological polar surface area (TPSA) is 58.6 Å². The number of anilines is 1. The second-order valence-corrected chi connectivity index (χ2v) is 9.05. The van der Waals surface area contributed by atoms with E-state index in [9.17, 15) is 4.79 Å². The first kappa shape index (κ1) is 21.6. The van der Waals surface area contributed by atoms with Crippen LogP contribution < -0.4 is 9.64 Å². The number of aromatic nitrogens is 2. The third kappa shape index (κ3) is 4.83. The van der Waals surface area contributed by atoms with Crippen LogP contribution >= 0.6 is 0 Å². The standard InChI is InChI=1S/C25H34N4O2/c1-28(2)25-26-16-22(19-11-7-13-21(15-19)31-3)23(27-25)20-12-8-14-29(17-20)24(30)18-9-5-4-6-10-18/h7,11,13,15-16,18,20H,4-6,8-10,12,14,17H2,1-3H3/t20-/m0/s1. The highest BCUT2D eigenvalue weighted by molar-refractivity contribution is 5.79. The zero-order valence-corrected chi connectivity index (χ0v) is 19.0. The van der Waals surface area contributed by atoms with Crippen molar-refractivity contribution in [3.05, 3.63) is 36.2 Å². The molecule has 1 saturated carbocycles. The van der Waals surface area contributed by atoms with Crippen LogP contribution in [0, 0.1) is 5.92 Å². The van der Waals surface area contributed by atoms with E-state index in [1.54, 1.807) is 7.11 Å². The van der Waals surface area contributed by atoms with Crippen molar-refractivity contribution in [2.45, 2.75) is 50.9 Å². The third-order valence-electron chi connectivity index (χ3n) is 6.66. The lowest BCUT2D eigenvalue weighted by molar-refractivity contribution is -0.137. The summed E-state index contributed by atoms with van der Waals surface area (Å²) in [5, 5.41) is 0. The van der Waals surface area contributed by atoms with Crippen molar-refractivity contribution in [1.29, 1.82) is 0 Å². The first-order valence-corrected chi connectivity index (χ1v) is 11.5. The summed E-state index contributed by atoms with van der Waals surface area (Å²) in [5.74, 6) is 2.31. The number of hydrogen-bond donors (Lipinski definition) is 0. The van der Waals surface area contributed by atoms with Crippen LogP contribution in [0.4, 0.5) is 5.95 Å². The Kier molecular flexibility index (Phi) is 6.73. The fourth-order valence-electron chi connectivity index (χ4n) is 4.93. The molecule has 31 heavy (non-hydrogen) atoms. The van der Waals surface area contributed by atoms with Crippen LogP contribution in [-0.2, 0) is 4.79 Å². The van der Waals surface area contributed by atoms with Crippen molar-refractivity contribution in [1.82, 2.24) is 14.9 Å². The van der Waals surface area contributed by atoms with Gasteiger partial charge in [0.1, 0.15) is 5.75 Å². The molecular weight excluding hydrogens is 388 g/mol. The molecular formula is C25H34N4O2. The van der Waals surface area contributed by atoms with E-state index < -0.39 is 0 Å². The first-order valence-electron chi connectivity index (χ1n) is 11.5. The Morgan fingerprint density at radius 3 is 2.68 bits per heavy atom. The smallest absolute Gasteiger partial charge is 0.225 e. The molecule has 0 bridgehead atoms. The second-order valence-electron chi connectivity index (χ2n) is 9.05. The summed E-state index contributed by atoms with van der Waals surface area (Å²) in [5.41, 5.74) is 3.12. The van der Waals surface area contributed by atoms with Gasteiger partial charge in [-0.3, -0.25) is 4.79 Å². The number of carbonyl (C=O) groups excluding carboxylic acids is 1. The van der Waals surface area contributed by atoms with Crippen LogP contribution in [0.15, 0.2) is 30.5 Å². The van der Waals surface area contributed by atoms with Gasteiger partial charge in [-0.1, -0.05) is 31.4 Å². The quantitative estimate of drug-likeness (QED) is 0.710. The summed E-state index contributed by atoms with van der Waals surface area (Å²) in [7, 11) is 5.61. The number of amides is 1. The van der Waals surface area contributed by atoms with Crippen molar-refractivity contribution in [3.63, 3.8) is 0 Å². The summed E-state index contributed by atoms with van der Waals surface area (Å²) < 4.78 is 5.44. The number of likely N-dealkylation sites (tertiary alicyclic amines) is 1. The number of hydrogen-bond acceptors (Lipinski definition) is 5. The third-order valence-corrected chi connectivity index (χ3v) is 6.66. The zero-order valence-electron chi connectivity index (χ0n) is 19.0. The van der Waals surface area contributed by atoms with E-state index in [2.05, 4.69) is 16.0 Å². The van der Waals surface area contributed by atoms with Crippen molar-refractivity contribution < 1.29 is 9.53 Å². The minimum atomic E-state index is 0.212. The maximum atomic E-state index is 13.2. The van der Waals surface area contributed by atoms with Gasteiger partial charge in [0, 0.05) is 50.8 Å². The van der Waals surface area contributed by atoms with Gasteiger partial charge in [-0.2, -0.15) is 0 Å². The molecule has 1 aliphatic carbocycles. The van der Waals surface area contributed by atoms with Crippen molar-refractivity contribution in [3.8, 4) is 16.9 Å². The van der Waals surface area contributed by atoms with E-state index in [1.165, 1.54) is 19.3 Å². The number of methoxy groups -OCH3 is 1. The number of carbonyl (C=O) groups is 1. The molecule has 0 radical (unpaired) electrons. The minimum absolute atomic E-state index is 0.212. The average molecular weight is 423 g/mol. The van der Waals surface area contributed by atoms with Crippen molar-refractivity contribution >= 4 is 11.9 Å². The van der Waals surface area contributed by atoms with Crippen LogP contribution in [0.5, 0.6) is 5.75 Å². The van der Waals surface area contributed by atoms with Gasteiger partial charge in [-0.25, -0.2) is 9.97 Å². The van der Waals surface area contributed by atoms with Gasteiger partial charge >= 0.3 is 0 Å². The van der Waals surface area contributed by atoms with Crippen molar-refractivity contribution in [2.75, 3.05) is 39.2 Å². The zero-order chi connectivity index (χ0) is 21.8. The molecule has 6 nitrogen and oxygen atoms in total. The fraction of sp³-hybridized carbons (Fsp3) is 0.560. The number of rotatable bonds is 5. The second kappa shape index (κ2) is 9.67. The summed E-state index contributed by atoms with van der Waals surface area (Å²) in [6.07, 6.45) is 9.72. The molecule has 6 heteroatoms. The molecule has 1 aromatic heterocycles. The summed E-state index contributed by atoms with van der Waals surface area (Å²) >= 11 is 0. The molecule has 0 spiro atoms. The highest BCUT2D eigenvalue weighted by Gasteiger charge is 2.32. The molecule has 0 unspecified atom stereocenters. The first-order chi connectivity index (χ1) is 15.1. The molecule has 4 rings (SSSR count). The summed E-state index contributed by atoms with van der Waals surface area (Å²) in [4.78, 5) is 26.8.